The first-order chi connectivity index (χ1) is 16.9. The topological polar surface area (TPSA) is 106 Å². The van der Waals surface area contributed by atoms with Gasteiger partial charge >= 0.3 is 5.97 Å². The van der Waals surface area contributed by atoms with Crippen LogP contribution >= 0.6 is 11.8 Å². The Labute approximate surface area is 203 Å². The van der Waals surface area contributed by atoms with Crippen molar-refractivity contribution in [1.82, 2.24) is 25.0 Å². The van der Waals surface area contributed by atoms with Crippen LogP contribution in [0.3, 0.4) is 0 Å². The first-order valence-electron chi connectivity index (χ1n) is 10.6. The molecule has 2 heterocycles. The van der Waals surface area contributed by atoms with Crippen LogP contribution in [0.4, 0.5) is 8.78 Å². The van der Waals surface area contributed by atoms with Crippen LogP contribution in [0.15, 0.2) is 53.7 Å². The Balaban J connectivity index is 1.62. The fourth-order valence-corrected chi connectivity index (χ4v) is 4.51. The third-order valence-electron chi connectivity index (χ3n) is 5.38. The highest BCUT2D eigenvalue weighted by Gasteiger charge is 2.35. The van der Waals surface area contributed by atoms with Gasteiger partial charge < -0.3 is 15.0 Å². The van der Waals surface area contributed by atoms with E-state index in [-0.39, 0.29) is 36.1 Å². The number of amides is 2. The predicted molar refractivity (Wildman–Crippen MR) is 123 cm³/mol. The number of nitrogens with zero attached hydrogens (tertiary/aromatic N) is 4. The van der Waals surface area contributed by atoms with Gasteiger partial charge in [0.15, 0.2) is 11.0 Å². The molecule has 0 radical (unpaired) electrons. The molecule has 0 unspecified atom stereocenters. The maximum atomic E-state index is 14.7. The molecule has 4 rings (SSSR count). The number of hydrogen-bond acceptors (Lipinski definition) is 7. The molecule has 1 aliphatic heterocycles. The summed E-state index contributed by atoms with van der Waals surface area (Å²) in [6.07, 6.45) is -0.270. The number of carbonyl (C=O) groups is 3. The Morgan fingerprint density at radius 1 is 1.17 bits per heavy atom. The summed E-state index contributed by atoms with van der Waals surface area (Å²) in [6, 6.07) is 11.1. The Bertz CT molecular complexity index is 1250. The number of piperazine rings is 1. The molecule has 12 heteroatoms. The largest absolute Gasteiger partial charge is 0.469 e. The van der Waals surface area contributed by atoms with Crippen molar-refractivity contribution < 1.29 is 27.9 Å². The van der Waals surface area contributed by atoms with Crippen LogP contribution in [0, 0.1) is 11.6 Å². The summed E-state index contributed by atoms with van der Waals surface area (Å²) in [4.78, 5) is 38.4. The van der Waals surface area contributed by atoms with E-state index in [0.29, 0.717) is 11.4 Å². The average Bonchev–Trinajstić information content (AvgIpc) is 3.27. The van der Waals surface area contributed by atoms with Crippen LogP contribution in [0.25, 0.3) is 17.1 Å². The van der Waals surface area contributed by atoms with Gasteiger partial charge in [-0.3, -0.25) is 19.0 Å². The Morgan fingerprint density at radius 2 is 1.94 bits per heavy atom. The third kappa shape index (κ3) is 5.32. The second-order valence-corrected chi connectivity index (χ2v) is 8.51. The van der Waals surface area contributed by atoms with Crippen molar-refractivity contribution in [2.75, 3.05) is 26.0 Å². The molecule has 1 aliphatic rings. The molecule has 1 saturated heterocycles. The van der Waals surface area contributed by atoms with E-state index in [1.165, 1.54) is 22.6 Å². The van der Waals surface area contributed by atoms with Gasteiger partial charge in [0.25, 0.3) is 0 Å². The lowest BCUT2D eigenvalue weighted by atomic mass is 10.1. The fraction of sp³-hybridized carbons (Fsp3) is 0.261. The first kappa shape index (κ1) is 24.3. The van der Waals surface area contributed by atoms with Crippen molar-refractivity contribution in [3.05, 3.63) is 60.2 Å². The van der Waals surface area contributed by atoms with Crippen molar-refractivity contribution in [2.24, 2.45) is 0 Å². The number of halogens is 2. The van der Waals surface area contributed by atoms with Crippen LogP contribution in [0.2, 0.25) is 0 Å². The highest BCUT2D eigenvalue weighted by Crippen LogP contribution is 2.30. The lowest BCUT2D eigenvalue weighted by molar-refractivity contribution is -0.149. The van der Waals surface area contributed by atoms with Crippen molar-refractivity contribution in [3.63, 3.8) is 0 Å². The summed E-state index contributed by atoms with van der Waals surface area (Å²) in [7, 11) is 1.21. The van der Waals surface area contributed by atoms with E-state index in [0.717, 1.165) is 23.9 Å². The van der Waals surface area contributed by atoms with Crippen molar-refractivity contribution >= 4 is 29.5 Å². The highest BCUT2D eigenvalue weighted by molar-refractivity contribution is 7.99. The Hall–Kier alpha value is -3.80. The number of hydrogen-bond donors (Lipinski definition) is 1. The normalized spacial score (nSPS) is 15.6. The summed E-state index contributed by atoms with van der Waals surface area (Å²) >= 11 is 0.990. The molecule has 1 aromatic heterocycles. The second kappa shape index (κ2) is 10.6. The first-order valence-corrected chi connectivity index (χ1v) is 11.6. The van der Waals surface area contributed by atoms with E-state index < -0.39 is 35.5 Å². The molecule has 2 aromatic carbocycles. The summed E-state index contributed by atoms with van der Waals surface area (Å²) in [5, 5.41) is 11.2. The maximum Gasteiger partial charge on any atom is 0.308 e. The van der Waals surface area contributed by atoms with Gasteiger partial charge in [-0.25, -0.2) is 8.78 Å². The van der Waals surface area contributed by atoms with Gasteiger partial charge in [0.1, 0.15) is 17.7 Å². The van der Waals surface area contributed by atoms with Crippen LogP contribution in [0.5, 0.6) is 0 Å². The molecule has 182 valence electrons. The van der Waals surface area contributed by atoms with E-state index in [1.54, 1.807) is 24.3 Å². The molecule has 0 spiro atoms. The van der Waals surface area contributed by atoms with E-state index in [1.807, 2.05) is 6.07 Å². The lowest BCUT2D eigenvalue weighted by Gasteiger charge is -2.34. The minimum atomic E-state index is -0.989. The SMILES string of the molecule is COC(=O)C[C@H]1C(=O)NCCN1C(=O)CSc1nnc(-c2ccccc2)n1-c1ccc(F)cc1F. The predicted octanol–water partition coefficient (Wildman–Crippen LogP) is 2.19. The number of esters is 1. The number of ether oxygens (including phenoxy) is 1. The quantitative estimate of drug-likeness (QED) is 0.391. The number of benzene rings is 2. The van der Waals surface area contributed by atoms with Gasteiger partial charge in [0, 0.05) is 24.7 Å². The number of thioether (sulfide) groups is 1. The number of methoxy groups -OCH3 is 1. The molecule has 0 saturated carbocycles. The zero-order valence-corrected chi connectivity index (χ0v) is 19.4. The molecular weight excluding hydrogens is 480 g/mol. The summed E-state index contributed by atoms with van der Waals surface area (Å²) < 4.78 is 34.4. The van der Waals surface area contributed by atoms with Crippen LogP contribution < -0.4 is 5.32 Å². The minimum absolute atomic E-state index is 0.0196. The number of aromatic nitrogens is 3. The van der Waals surface area contributed by atoms with Gasteiger partial charge in [0.05, 0.1) is 25.0 Å². The summed E-state index contributed by atoms with van der Waals surface area (Å²) in [6.45, 7) is 0.476. The van der Waals surface area contributed by atoms with Gasteiger partial charge in [-0.15, -0.1) is 10.2 Å². The van der Waals surface area contributed by atoms with E-state index in [9.17, 15) is 23.2 Å². The number of carbonyl (C=O) groups excluding carboxylic acids is 3. The minimum Gasteiger partial charge on any atom is -0.469 e. The molecule has 0 bridgehead atoms. The molecule has 0 aliphatic carbocycles. The molecule has 9 nitrogen and oxygen atoms in total. The maximum absolute atomic E-state index is 14.7. The molecule has 1 fully saturated rings. The zero-order valence-electron chi connectivity index (χ0n) is 18.6. The van der Waals surface area contributed by atoms with Gasteiger partial charge in [0.2, 0.25) is 11.8 Å². The van der Waals surface area contributed by atoms with Crippen LogP contribution in [-0.2, 0) is 19.1 Å². The smallest absolute Gasteiger partial charge is 0.308 e. The molecule has 35 heavy (non-hydrogen) atoms. The fourth-order valence-electron chi connectivity index (χ4n) is 3.68. The zero-order chi connectivity index (χ0) is 24.9. The van der Waals surface area contributed by atoms with Crippen molar-refractivity contribution in [3.8, 4) is 17.1 Å². The molecule has 1 N–H and O–H groups in total. The van der Waals surface area contributed by atoms with Crippen LogP contribution in [-0.4, -0.2) is 69.4 Å². The van der Waals surface area contributed by atoms with E-state index >= 15 is 0 Å². The monoisotopic (exact) mass is 501 g/mol. The number of nitrogens with one attached hydrogen (secondary N) is 1. The highest BCUT2D eigenvalue weighted by atomic mass is 32.2. The van der Waals surface area contributed by atoms with Gasteiger partial charge in [-0.1, -0.05) is 42.1 Å². The van der Waals surface area contributed by atoms with Gasteiger partial charge in [-0.2, -0.15) is 0 Å². The molecule has 3 aromatic rings. The van der Waals surface area contributed by atoms with Crippen LogP contribution in [0.1, 0.15) is 6.42 Å². The van der Waals surface area contributed by atoms with E-state index in [4.69, 9.17) is 0 Å². The molecular formula is C23H21F2N5O4S. The number of rotatable bonds is 7. The lowest BCUT2D eigenvalue weighted by Crippen LogP contribution is -2.58. The molecule has 2 amide bonds. The molecule has 1 atom stereocenters. The van der Waals surface area contributed by atoms with Crippen molar-refractivity contribution in [2.45, 2.75) is 17.6 Å². The standard InChI is InChI=1S/C23H21F2N5O4S/c1-34-20(32)12-18-22(33)26-9-10-29(18)19(31)13-35-23-28-27-21(14-5-3-2-4-6-14)30(23)17-8-7-15(24)11-16(17)25/h2-8,11,18H,9-10,12-13H2,1H3,(H,26,33)/t18-/m0/s1. The average molecular weight is 502 g/mol. The van der Waals surface area contributed by atoms with Gasteiger partial charge in [-0.05, 0) is 12.1 Å². The van der Waals surface area contributed by atoms with E-state index in [2.05, 4.69) is 20.3 Å². The summed E-state index contributed by atoms with van der Waals surface area (Å²) in [5.41, 5.74) is 0.666. The Morgan fingerprint density at radius 3 is 2.66 bits per heavy atom. The third-order valence-corrected chi connectivity index (χ3v) is 6.29. The van der Waals surface area contributed by atoms with Crippen molar-refractivity contribution in [1.29, 1.82) is 0 Å². The summed E-state index contributed by atoms with van der Waals surface area (Å²) in [5.74, 6) is -2.85. The second-order valence-electron chi connectivity index (χ2n) is 7.57. The Kier molecular flexibility index (Phi) is 7.39.